The predicted molar refractivity (Wildman–Crippen MR) is 194 cm³/mol. The van der Waals surface area contributed by atoms with Crippen LogP contribution in [0, 0.1) is 5.92 Å². The number of rotatable bonds is 23. The average Bonchev–Trinajstić information content (AvgIpc) is 3.08. The number of aliphatic hydroxyl groups excluding tert-OH is 1. The summed E-state index contributed by atoms with van der Waals surface area (Å²) < 4.78 is 0. The number of hydrogen-bond donors (Lipinski definition) is 11. The van der Waals surface area contributed by atoms with Gasteiger partial charge in [-0.2, -0.15) is 0 Å². The number of benzene rings is 1. The maximum absolute atomic E-state index is 13.4. The molecule has 0 bridgehead atoms. The summed E-state index contributed by atoms with van der Waals surface area (Å²) in [6.07, 6.45) is -3.72. The smallest absolute Gasteiger partial charge is 0.326 e. The SMILES string of the molecule is CC(=O)N[C@@H](C)C(=O)N[C@H](C(=O)N[C@@H](CC(C)C)C(=O)N[C@@H](CC(=O)O)C(=O)N[C@@H](C)C(=O)N[C@@H](CC(=O)O)C(=O)N[C@@H](Cc1ccccc1)C(=O)O)[C@H](C)O. The van der Waals surface area contributed by atoms with Gasteiger partial charge in [-0.3, -0.25) is 43.2 Å². The lowest BCUT2D eigenvalue weighted by molar-refractivity contribution is -0.143. The summed E-state index contributed by atoms with van der Waals surface area (Å²) in [5.74, 6) is -11.7. The molecule has 310 valence electrons. The molecule has 56 heavy (non-hydrogen) atoms. The number of carboxylic acid groups (broad SMARTS) is 3. The number of carbonyl (C=O) groups is 10. The van der Waals surface area contributed by atoms with Crippen LogP contribution in [0.15, 0.2) is 30.3 Å². The van der Waals surface area contributed by atoms with Crippen molar-refractivity contribution in [3.63, 3.8) is 0 Å². The molecule has 0 fully saturated rings. The number of aliphatic carboxylic acids is 3. The van der Waals surface area contributed by atoms with Crippen LogP contribution in [0.2, 0.25) is 0 Å². The standard InChI is InChI=1S/C35H51N7O14/c1-16(2)12-22(40-34(54)28(19(5)43)42-30(50)17(3)36-20(6)44)32(52)39-23(14-26(45)46)31(51)37-18(4)29(49)38-24(15-27(47)48)33(53)41-25(35(55)56)13-21-10-8-7-9-11-21/h7-11,16-19,22-25,28,43H,12-15H2,1-6H3,(H,36,44)(H,37,51)(H,38,49)(H,39,52)(H,40,54)(H,41,53)(H,42,50)(H,45,46)(H,47,48)(H,55,56)/t17-,18-,19-,22-,23-,24-,25-,28-/m0/s1. The second-order valence-corrected chi connectivity index (χ2v) is 13.5. The van der Waals surface area contributed by atoms with Gasteiger partial charge in [-0.25, -0.2) is 4.79 Å². The highest BCUT2D eigenvalue weighted by molar-refractivity contribution is 5.98. The van der Waals surface area contributed by atoms with E-state index in [4.69, 9.17) is 0 Å². The first kappa shape index (κ1) is 47.9. The molecule has 0 unspecified atom stereocenters. The zero-order valence-corrected chi connectivity index (χ0v) is 31.8. The lowest BCUT2D eigenvalue weighted by Crippen LogP contribution is -2.61. The number of amides is 7. The average molecular weight is 794 g/mol. The highest BCUT2D eigenvalue weighted by Crippen LogP contribution is 2.09. The summed E-state index contributed by atoms with van der Waals surface area (Å²) in [5.41, 5.74) is 0.540. The maximum atomic E-state index is 13.4. The minimum atomic E-state index is -1.85. The molecule has 0 heterocycles. The van der Waals surface area contributed by atoms with Crippen LogP contribution in [0.25, 0.3) is 0 Å². The third-order valence-electron chi connectivity index (χ3n) is 7.89. The minimum Gasteiger partial charge on any atom is -0.481 e. The van der Waals surface area contributed by atoms with E-state index in [2.05, 4.69) is 37.2 Å². The maximum Gasteiger partial charge on any atom is 0.326 e. The first-order valence-corrected chi connectivity index (χ1v) is 17.5. The van der Waals surface area contributed by atoms with Crippen molar-refractivity contribution in [2.45, 2.75) is 116 Å². The Morgan fingerprint density at radius 3 is 1.43 bits per heavy atom. The lowest BCUT2D eigenvalue weighted by atomic mass is 10.0. The van der Waals surface area contributed by atoms with Crippen molar-refractivity contribution in [3.8, 4) is 0 Å². The van der Waals surface area contributed by atoms with Gasteiger partial charge >= 0.3 is 17.9 Å². The summed E-state index contributed by atoms with van der Waals surface area (Å²) in [7, 11) is 0. The molecule has 1 aromatic carbocycles. The Morgan fingerprint density at radius 2 is 0.964 bits per heavy atom. The zero-order valence-electron chi connectivity index (χ0n) is 31.8. The van der Waals surface area contributed by atoms with E-state index in [-0.39, 0.29) is 18.8 Å². The summed E-state index contributed by atoms with van der Waals surface area (Å²) in [6, 6.07) is -2.67. The molecule has 0 aliphatic rings. The van der Waals surface area contributed by atoms with Crippen LogP contribution < -0.4 is 37.2 Å². The van der Waals surface area contributed by atoms with Gasteiger partial charge in [0.1, 0.15) is 42.3 Å². The zero-order chi connectivity index (χ0) is 42.9. The highest BCUT2D eigenvalue weighted by atomic mass is 16.4. The number of carboxylic acids is 3. The van der Waals surface area contributed by atoms with Crippen molar-refractivity contribution in [3.05, 3.63) is 35.9 Å². The molecule has 7 amide bonds. The molecular formula is C35H51N7O14. The van der Waals surface area contributed by atoms with Crippen LogP contribution in [0.3, 0.4) is 0 Å². The van der Waals surface area contributed by atoms with E-state index in [1.165, 1.54) is 13.8 Å². The second kappa shape index (κ2) is 22.9. The van der Waals surface area contributed by atoms with E-state index in [0.29, 0.717) is 5.56 Å². The van der Waals surface area contributed by atoms with Gasteiger partial charge in [-0.15, -0.1) is 0 Å². The fraction of sp³-hybridized carbons (Fsp3) is 0.543. The number of hydrogen-bond acceptors (Lipinski definition) is 11. The molecule has 21 nitrogen and oxygen atoms in total. The van der Waals surface area contributed by atoms with E-state index in [1.807, 2.05) is 0 Å². The Balaban J connectivity index is 3.13. The first-order valence-electron chi connectivity index (χ1n) is 17.5. The van der Waals surface area contributed by atoms with Crippen molar-refractivity contribution >= 4 is 59.3 Å². The largest absolute Gasteiger partial charge is 0.481 e. The van der Waals surface area contributed by atoms with Gasteiger partial charge < -0.3 is 57.6 Å². The van der Waals surface area contributed by atoms with E-state index < -0.39 is 120 Å². The van der Waals surface area contributed by atoms with Crippen molar-refractivity contribution in [1.82, 2.24) is 37.2 Å². The van der Waals surface area contributed by atoms with Crippen LogP contribution in [-0.2, 0) is 54.4 Å². The monoisotopic (exact) mass is 793 g/mol. The van der Waals surface area contributed by atoms with E-state index in [9.17, 15) is 68.4 Å². The fourth-order valence-electron chi connectivity index (χ4n) is 5.06. The number of nitrogens with one attached hydrogen (secondary N) is 7. The predicted octanol–water partition coefficient (Wildman–Crippen LogP) is -2.86. The summed E-state index contributed by atoms with van der Waals surface area (Å²) in [4.78, 5) is 125. The molecule has 11 N–H and O–H groups in total. The summed E-state index contributed by atoms with van der Waals surface area (Å²) in [5, 5.41) is 54.4. The molecule has 0 saturated heterocycles. The molecule has 21 heteroatoms. The molecule has 0 spiro atoms. The van der Waals surface area contributed by atoms with Crippen molar-refractivity contribution in [2.75, 3.05) is 0 Å². The Hall–Kier alpha value is -6.12. The van der Waals surface area contributed by atoms with Crippen molar-refractivity contribution in [1.29, 1.82) is 0 Å². The quantitative estimate of drug-likeness (QED) is 0.0531. The second-order valence-electron chi connectivity index (χ2n) is 13.5. The third kappa shape index (κ3) is 17.3. The van der Waals surface area contributed by atoms with E-state index >= 15 is 0 Å². The van der Waals surface area contributed by atoms with E-state index in [0.717, 1.165) is 13.8 Å². The molecule has 0 aliphatic carbocycles. The van der Waals surface area contributed by atoms with Gasteiger partial charge in [-0.1, -0.05) is 44.2 Å². The van der Waals surface area contributed by atoms with Gasteiger partial charge in [0.25, 0.3) is 0 Å². The van der Waals surface area contributed by atoms with Gasteiger partial charge in [0.2, 0.25) is 41.4 Å². The molecule has 8 atom stereocenters. The summed E-state index contributed by atoms with van der Waals surface area (Å²) >= 11 is 0. The molecule has 0 aromatic heterocycles. The molecule has 0 saturated carbocycles. The van der Waals surface area contributed by atoms with Crippen LogP contribution in [0.1, 0.15) is 66.4 Å². The number of carbonyl (C=O) groups excluding carboxylic acids is 7. The van der Waals surface area contributed by atoms with Crippen LogP contribution in [-0.4, -0.2) is 128 Å². The molecular weight excluding hydrogens is 742 g/mol. The lowest BCUT2D eigenvalue weighted by Gasteiger charge is -2.28. The Bertz CT molecular complexity index is 1600. The van der Waals surface area contributed by atoms with Crippen LogP contribution in [0.4, 0.5) is 0 Å². The Morgan fingerprint density at radius 1 is 0.536 bits per heavy atom. The van der Waals surface area contributed by atoms with Gasteiger partial charge in [0.15, 0.2) is 0 Å². The third-order valence-corrected chi connectivity index (χ3v) is 7.89. The van der Waals surface area contributed by atoms with Crippen LogP contribution in [0.5, 0.6) is 0 Å². The fourth-order valence-corrected chi connectivity index (χ4v) is 5.06. The molecule has 0 aliphatic heterocycles. The number of aliphatic hydroxyl groups is 1. The topological polar surface area (TPSA) is 336 Å². The van der Waals surface area contributed by atoms with Crippen LogP contribution >= 0.6 is 0 Å². The van der Waals surface area contributed by atoms with Crippen molar-refractivity contribution < 1.29 is 68.4 Å². The van der Waals surface area contributed by atoms with Gasteiger partial charge in [0, 0.05) is 13.3 Å². The Labute approximate surface area is 322 Å². The summed E-state index contributed by atoms with van der Waals surface area (Å²) in [6.45, 7) is 8.15. The van der Waals surface area contributed by atoms with Gasteiger partial charge in [0.05, 0.1) is 18.9 Å². The molecule has 1 rings (SSSR count). The normalized spacial score (nSPS) is 15.1. The molecule has 1 aromatic rings. The van der Waals surface area contributed by atoms with Crippen molar-refractivity contribution in [2.24, 2.45) is 5.92 Å². The molecule has 0 radical (unpaired) electrons. The van der Waals surface area contributed by atoms with Gasteiger partial charge in [-0.05, 0) is 38.7 Å². The Kier molecular flexibility index (Phi) is 19.6. The van der Waals surface area contributed by atoms with E-state index in [1.54, 1.807) is 44.2 Å². The minimum absolute atomic E-state index is 0.0678. The highest BCUT2D eigenvalue weighted by Gasteiger charge is 2.35. The first-order chi connectivity index (χ1) is 26.0.